The van der Waals surface area contributed by atoms with Crippen LogP contribution < -0.4 is 5.32 Å². The predicted octanol–water partition coefficient (Wildman–Crippen LogP) is 2.50. The van der Waals surface area contributed by atoms with Gasteiger partial charge in [0.1, 0.15) is 22.7 Å². The van der Waals surface area contributed by atoms with Gasteiger partial charge < -0.3 is 20.1 Å². The summed E-state index contributed by atoms with van der Waals surface area (Å²) in [6.07, 6.45) is 3.10. The van der Waals surface area contributed by atoms with Crippen LogP contribution in [0.4, 0.5) is 4.79 Å². The number of rotatable bonds is 3. The predicted molar refractivity (Wildman–Crippen MR) is 106 cm³/mol. The van der Waals surface area contributed by atoms with E-state index in [1.54, 1.807) is 27.6 Å². The first-order valence-electron chi connectivity index (χ1n) is 9.93. The minimum Gasteiger partial charge on any atom is -0.506 e. The van der Waals surface area contributed by atoms with Gasteiger partial charge in [0.25, 0.3) is 0 Å². The van der Waals surface area contributed by atoms with Crippen molar-refractivity contribution in [3.63, 3.8) is 0 Å². The summed E-state index contributed by atoms with van der Waals surface area (Å²) in [4.78, 5) is 31.2. The van der Waals surface area contributed by atoms with Crippen LogP contribution in [-0.2, 0) is 15.1 Å². The number of likely N-dealkylation sites (tertiary alicyclic amines) is 1. The SMILES string of the molecule is CC(C)(C)OC(=O)N1C[C@@H]2C(C(=O)NC(C)(C)c3ncc4c(O)cccn34)[C@@H]2C1. The van der Waals surface area contributed by atoms with Crippen LogP contribution in [0.3, 0.4) is 0 Å². The lowest BCUT2D eigenvalue weighted by atomic mass is 10.0. The van der Waals surface area contributed by atoms with E-state index < -0.39 is 11.1 Å². The number of nitrogens with zero attached hydrogens (tertiary/aromatic N) is 3. The van der Waals surface area contributed by atoms with Gasteiger partial charge in [0.05, 0.1) is 11.7 Å². The minimum atomic E-state index is -0.709. The number of amides is 2. The molecule has 1 saturated heterocycles. The molecule has 1 aliphatic heterocycles. The van der Waals surface area contributed by atoms with Crippen molar-refractivity contribution < 1.29 is 19.4 Å². The van der Waals surface area contributed by atoms with Gasteiger partial charge in [-0.15, -0.1) is 0 Å². The van der Waals surface area contributed by atoms with Crippen LogP contribution in [0.2, 0.25) is 0 Å². The fourth-order valence-electron chi connectivity index (χ4n) is 4.31. The molecule has 2 amide bonds. The maximum Gasteiger partial charge on any atom is 0.410 e. The Hall–Kier alpha value is -2.77. The molecule has 2 fully saturated rings. The second kappa shape index (κ2) is 6.37. The molecule has 0 radical (unpaired) electrons. The summed E-state index contributed by atoms with van der Waals surface area (Å²) in [6, 6.07) is 3.34. The first kappa shape index (κ1) is 19.5. The minimum absolute atomic E-state index is 0.0225. The number of carbonyl (C=O) groups excluding carboxylic acids is 2. The first-order chi connectivity index (χ1) is 13.5. The summed E-state index contributed by atoms with van der Waals surface area (Å²) in [6.45, 7) is 10.4. The normalized spacial score (nSPS) is 23.8. The Morgan fingerprint density at radius 2 is 1.86 bits per heavy atom. The van der Waals surface area contributed by atoms with Gasteiger partial charge in [-0.05, 0) is 58.6 Å². The van der Waals surface area contributed by atoms with E-state index >= 15 is 0 Å². The Labute approximate surface area is 169 Å². The Morgan fingerprint density at radius 1 is 1.21 bits per heavy atom. The molecule has 2 aromatic rings. The molecule has 2 N–H and O–H groups in total. The standard InChI is InChI=1S/C21H28N4O4/c1-20(2,3)29-19(28)24-10-12-13(11-24)16(12)17(27)23-21(4,5)18-22-9-14-15(26)7-6-8-25(14)18/h6-9,12-13,16,26H,10-11H2,1-5H3,(H,23,27)/t12-,13+,16?. The summed E-state index contributed by atoms with van der Waals surface area (Å²) in [5, 5.41) is 13.1. The van der Waals surface area contributed by atoms with Gasteiger partial charge in [0.2, 0.25) is 5.91 Å². The highest BCUT2D eigenvalue weighted by atomic mass is 16.6. The number of ether oxygens (including phenoxy) is 1. The summed E-state index contributed by atoms with van der Waals surface area (Å²) in [5.74, 6) is 1.04. The molecule has 8 nitrogen and oxygen atoms in total. The van der Waals surface area contributed by atoms with Crippen molar-refractivity contribution in [2.75, 3.05) is 13.1 Å². The number of carbonyl (C=O) groups is 2. The lowest BCUT2D eigenvalue weighted by Crippen LogP contribution is -2.45. The van der Waals surface area contributed by atoms with Gasteiger partial charge in [-0.25, -0.2) is 9.78 Å². The molecule has 8 heteroatoms. The first-order valence-corrected chi connectivity index (χ1v) is 9.93. The third-order valence-electron chi connectivity index (χ3n) is 5.69. The van der Waals surface area contributed by atoms with Crippen molar-refractivity contribution in [1.82, 2.24) is 19.6 Å². The highest BCUT2D eigenvalue weighted by Crippen LogP contribution is 2.52. The number of imidazole rings is 1. The Kier molecular flexibility index (Phi) is 4.29. The molecule has 0 spiro atoms. The second-order valence-corrected chi connectivity index (χ2v) is 9.58. The van der Waals surface area contributed by atoms with Crippen LogP contribution in [0, 0.1) is 17.8 Å². The highest BCUT2D eigenvalue weighted by Gasteiger charge is 2.61. The highest BCUT2D eigenvalue weighted by molar-refractivity contribution is 5.84. The van der Waals surface area contributed by atoms with E-state index in [4.69, 9.17) is 4.74 Å². The number of piperidine rings is 1. The molecule has 1 aliphatic carbocycles. The summed E-state index contributed by atoms with van der Waals surface area (Å²) in [5.41, 5.74) is -0.633. The molecular weight excluding hydrogens is 372 g/mol. The molecule has 156 valence electrons. The molecule has 2 aromatic heterocycles. The van der Waals surface area contributed by atoms with Gasteiger partial charge in [0.15, 0.2) is 0 Å². The molecule has 0 bridgehead atoms. The largest absolute Gasteiger partial charge is 0.506 e. The summed E-state index contributed by atoms with van der Waals surface area (Å²) in [7, 11) is 0. The van der Waals surface area contributed by atoms with E-state index in [2.05, 4.69) is 10.3 Å². The second-order valence-electron chi connectivity index (χ2n) is 9.58. The van der Waals surface area contributed by atoms with E-state index in [0.717, 1.165) is 0 Å². The van der Waals surface area contributed by atoms with Gasteiger partial charge in [-0.1, -0.05) is 0 Å². The maximum absolute atomic E-state index is 12.9. The van der Waals surface area contributed by atoms with Crippen LogP contribution >= 0.6 is 0 Å². The summed E-state index contributed by atoms with van der Waals surface area (Å²) < 4.78 is 7.21. The lowest BCUT2D eigenvalue weighted by Gasteiger charge is -2.27. The van der Waals surface area contributed by atoms with E-state index in [-0.39, 0.29) is 35.5 Å². The van der Waals surface area contributed by atoms with Crippen molar-refractivity contribution in [3.05, 3.63) is 30.4 Å². The van der Waals surface area contributed by atoms with Crippen molar-refractivity contribution >= 4 is 17.5 Å². The molecule has 2 aliphatic rings. The van der Waals surface area contributed by atoms with E-state index in [1.807, 2.05) is 40.8 Å². The van der Waals surface area contributed by atoms with E-state index in [9.17, 15) is 14.7 Å². The zero-order valence-electron chi connectivity index (χ0n) is 17.5. The average molecular weight is 400 g/mol. The molecule has 0 aromatic carbocycles. The monoisotopic (exact) mass is 400 g/mol. The van der Waals surface area contributed by atoms with Gasteiger partial charge >= 0.3 is 6.09 Å². The fraction of sp³-hybridized carbons (Fsp3) is 0.571. The lowest BCUT2D eigenvalue weighted by molar-refractivity contribution is -0.125. The number of hydrogen-bond donors (Lipinski definition) is 2. The summed E-state index contributed by atoms with van der Waals surface area (Å²) >= 11 is 0. The number of fused-ring (bicyclic) bond motifs is 2. The van der Waals surface area contributed by atoms with Crippen LogP contribution in [0.1, 0.15) is 40.4 Å². The fourth-order valence-corrected chi connectivity index (χ4v) is 4.31. The van der Waals surface area contributed by atoms with Crippen LogP contribution in [0.25, 0.3) is 5.52 Å². The molecule has 1 unspecified atom stereocenters. The molecule has 4 rings (SSSR count). The zero-order chi connectivity index (χ0) is 21.1. The van der Waals surface area contributed by atoms with Crippen molar-refractivity contribution in [2.45, 2.75) is 45.8 Å². The number of pyridine rings is 1. The van der Waals surface area contributed by atoms with Crippen molar-refractivity contribution in [1.29, 1.82) is 0 Å². The van der Waals surface area contributed by atoms with Gasteiger partial charge in [-0.2, -0.15) is 0 Å². The third kappa shape index (κ3) is 3.52. The van der Waals surface area contributed by atoms with E-state index in [0.29, 0.717) is 24.4 Å². The van der Waals surface area contributed by atoms with E-state index in [1.165, 1.54) is 0 Å². The molecule has 1 saturated carbocycles. The van der Waals surface area contributed by atoms with Gasteiger partial charge in [-0.3, -0.25) is 9.20 Å². The van der Waals surface area contributed by atoms with Crippen LogP contribution in [0.5, 0.6) is 5.75 Å². The third-order valence-corrected chi connectivity index (χ3v) is 5.69. The smallest absolute Gasteiger partial charge is 0.410 e. The molecule has 29 heavy (non-hydrogen) atoms. The number of nitrogens with one attached hydrogen (secondary N) is 1. The maximum atomic E-state index is 12.9. The number of hydrogen-bond acceptors (Lipinski definition) is 5. The average Bonchev–Trinajstić information content (AvgIpc) is 2.96. The van der Waals surface area contributed by atoms with Crippen molar-refractivity contribution in [3.8, 4) is 5.75 Å². The molecule has 3 heterocycles. The van der Waals surface area contributed by atoms with Crippen LogP contribution in [0.15, 0.2) is 24.5 Å². The van der Waals surface area contributed by atoms with Crippen LogP contribution in [-0.4, -0.2) is 50.1 Å². The number of aromatic hydroxyl groups is 1. The quantitative estimate of drug-likeness (QED) is 0.825. The Balaban J connectivity index is 1.40. The Morgan fingerprint density at radius 3 is 2.48 bits per heavy atom. The molecular formula is C21H28N4O4. The molecule has 3 atom stereocenters. The zero-order valence-corrected chi connectivity index (χ0v) is 17.5. The topological polar surface area (TPSA) is 96.2 Å². The van der Waals surface area contributed by atoms with Gasteiger partial charge in [0, 0.05) is 25.2 Å². The van der Waals surface area contributed by atoms with Crippen molar-refractivity contribution in [2.24, 2.45) is 17.8 Å². The Bertz CT molecular complexity index is 963. The number of aromatic nitrogens is 2.